The number of alkyl halides is 2. The highest BCUT2D eigenvalue weighted by Crippen LogP contribution is 2.33. The standard InChI is InChI=1S/C20H28F2N2O2.ClH/c1-13(15-5-3-9-23-12-15)10-19(25)24-18-6-2-4-14-11-16(26-20(21)22)7-8-17(14)18;/h7-8,11,13,15,18,20,23H,2-6,9-10,12H2,1H3,(H,24,25);1H. The van der Waals surface area contributed by atoms with Gasteiger partial charge in [0.15, 0.2) is 0 Å². The van der Waals surface area contributed by atoms with Crippen LogP contribution in [-0.4, -0.2) is 25.6 Å². The molecule has 1 saturated heterocycles. The Morgan fingerprint density at radius 1 is 1.33 bits per heavy atom. The van der Waals surface area contributed by atoms with E-state index in [2.05, 4.69) is 22.3 Å². The molecule has 1 aliphatic heterocycles. The van der Waals surface area contributed by atoms with E-state index in [9.17, 15) is 13.6 Å². The zero-order valence-electron chi connectivity index (χ0n) is 15.7. The van der Waals surface area contributed by atoms with Crippen molar-refractivity contribution in [2.75, 3.05) is 13.1 Å². The summed E-state index contributed by atoms with van der Waals surface area (Å²) in [5, 5.41) is 6.56. The van der Waals surface area contributed by atoms with Gasteiger partial charge in [-0.05, 0) is 80.3 Å². The molecule has 3 atom stereocenters. The first-order valence-electron chi connectivity index (χ1n) is 9.60. The fraction of sp³-hybridized carbons (Fsp3) is 0.650. The number of carbonyl (C=O) groups is 1. The summed E-state index contributed by atoms with van der Waals surface area (Å²) in [5.41, 5.74) is 2.02. The maximum atomic E-state index is 12.5. The van der Waals surface area contributed by atoms with Crippen LogP contribution in [0.4, 0.5) is 8.78 Å². The lowest BCUT2D eigenvalue weighted by molar-refractivity contribution is -0.123. The molecule has 0 bridgehead atoms. The van der Waals surface area contributed by atoms with Gasteiger partial charge >= 0.3 is 6.61 Å². The van der Waals surface area contributed by atoms with Crippen LogP contribution >= 0.6 is 12.4 Å². The minimum absolute atomic E-state index is 0. The van der Waals surface area contributed by atoms with E-state index in [0.717, 1.165) is 43.5 Å². The zero-order valence-corrected chi connectivity index (χ0v) is 16.5. The molecule has 0 spiro atoms. The van der Waals surface area contributed by atoms with Crippen LogP contribution in [0.3, 0.4) is 0 Å². The Kier molecular flexibility index (Phi) is 8.29. The van der Waals surface area contributed by atoms with Crippen molar-refractivity contribution < 1.29 is 18.3 Å². The van der Waals surface area contributed by atoms with Gasteiger partial charge in [-0.1, -0.05) is 13.0 Å². The molecule has 1 fully saturated rings. The second kappa shape index (κ2) is 10.2. The van der Waals surface area contributed by atoms with Crippen molar-refractivity contribution in [2.24, 2.45) is 11.8 Å². The van der Waals surface area contributed by atoms with E-state index in [1.54, 1.807) is 12.1 Å². The zero-order chi connectivity index (χ0) is 18.5. The number of hydrogen-bond acceptors (Lipinski definition) is 3. The number of benzene rings is 1. The Labute approximate surface area is 165 Å². The van der Waals surface area contributed by atoms with Gasteiger partial charge in [-0.2, -0.15) is 8.78 Å². The lowest BCUT2D eigenvalue weighted by atomic mass is 9.84. The van der Waals surface area contributed by atoms with Gasteiger partial charge in [-0.15, -0.1) is 12.4 Å². The molecule has 152 valence electrons. The molecule has 0 saturated carbocycles. The van der Waals surface area contributed by atoms with Crippen LogP contribution in [0.5, 0.6) is 5.75 Å². The Hall–Kier alpha value is -1.40. The molecule has 1 aromatic rings. The molecule has 0 radical (unpaired) electrons. The van der Waals surface area contributed by atoms with Gasteiger partial charge in [0.25, 0.3) is 0 Å². The van der Waals surface area contributed by atoms with Crippen molar-refractivity contribution >= 4 is 18.3 Å². The molecular weight excluding hydrogens is 374 g/mol. The highest BCUT2D eigenvalue weighted by atomic mass is 35.5. The third kappa shape index (κ3) is 6.04. The molecular formula is C20H29ClF2N2O2. The first-order valence-corrected chi connectivity index (χ1v) is 9.60. The highest BCUT2D eigenvalue weighted by molar-refractivity contribution is 5.85. The van der Waals surface area contributed by atoms with Crippen LogP contribution in [0.25, 0.3) is 0 Å². The van der Waals surface area contributed by atoms with Gasteiger partial charge < -0.3 is 15.4 Å². The summed E-state index contributed by atoms with van der Waals surface area (Å²) in [7, 11) is 0. The SMILES string of the molecule is CC(CC(=O)NC1CCCc2cc(OC(F)F)ccc21)C1CCCNC1.Cl. The molecule has 2 N–H and O–H groups in total. The maximum absolute atomic E-state index is 12.5. The van der Waals surface area contributed by atoms with E-state index in [0.29, 0.717) is 18.3 Å². The van der Waals surface area contributed by atoms with Gasteiger partial charge in [0.2, 0.25) is 5.91 Å². The number of hydrogen-bond donors (Lipinski definition) is 2. The molecule has 1 heterocycles. The molecule has 3 rings (SSSR count). The van der Waals surface area contributed by atoms with Crippen molar-refractivity contribution in [2.45, 2.75) is 58.1 Å². The molecule has 0 aromatic heterocycles. The first-order chi connectivity index (χ1) is 12.5. The van der Waals surface area contributed by atoms with Crippen LogP contribution in [0.15, 0.2) is 18.2 Å². The minimum Gasteiger partial charge on any atom is -0.435 e. The summed E-state index contributed by atoms with van der Waals surface area (Å²) in [6.45, 7) is 1.40. The number of rotatable bonds is 6. The number of halogens is 3. The van der Waals surface area contributed by atoms with Crippen LogP contribution in [0, 0.1) is 11.8 Å². The number of piperidine rings is 1. The van der Waals surface area contributed by atoms with Crippen LogP contribution in [0.1, 0.15) is 56.2 Å². The van der Waals surface area contributed by atoms with E-state index >= 15 is 0 Å². The van der Waals surface area contributed by atoms with E-state index < -0.39 is 6.61 Å². The average molecular weight is 403 g/mol. The van der Waals surface area contributed by atoms with Crippen LogP contribution in [-0.2, 0) is 11.2 Å². The van der Waals surface area contributed by atoms with Crippen LogP contribution in [0.2, 0.25) is 0 Å². The molecule has 1 aromatic carbocycles. The fourth-order valence-electron chi connectivity index (χ4n) is 4.19. The second-order valence-electron chi connectivity index (χ2n) is 7.54. The van der Waals surface area contributed by atoms with E-state index in [-0.39, 0.29) is 30.1 Å². The second-order valence-corrected chi connectivity index (χ2v) is 7.54. The third-order valence-corrected chi connectivity index (χ3v) is 5.64. The van der Waals surface area contributed by atoms with Gasteiger partial charge in [0, 0.05) is 6.42 Å². The fourth-order valence-corrected chi connectivity index (χ4v) is 4.19. The lowest BCUT2D eigenvalue weighted by Crippen LogP contribution is -2.37. The number of ether oxygens (including phenoxy) is 1. The summed E-state index contributed by atoms with van der Waals surface area (Å²) in [6, 6.07) is 5.01. The number of aryl methyl sites for hydroxylation is 1. The predicted molar refractivity (Wildman–Crippen MR) is 104 cm³/mol. The molecule has 27 heavy (non-hydrogen) atoms. The normalized spacial score (nSPS) is 23.1. The van der Waals surface area contributed by atoms with Crippen molar-refractivity contribution in [1.29, 1.82) is 0 Å². The summed E-state index contributed by atoms with van der Waals surface area (Å²) in [5.74, 6) is 1.17. The van der Waals surface area contributed by atoms with E-state index in [1.807, 2.05) is 6.07 Å². The summed E-state index contributed by atoms with van der Waals surface area (Å²) in [6.07, 6.45) is 5.53. The van der Waals surface area contributed by atoms with Gasteiger partial charge in [-0.25, -0.2) is 0 Å². The molecule has 4 nitrogen and oxygen atoms in total. The monoisotopic (exact) mass is 402 g/mol. The van der Waals surface area contributed by atoms with Gasteiger partial charge in [0.1, 0.15) is 5.75 Å². The number of amides is 1. The van der Waals surface area contributed by atoms with Crippen molar-refractivity contribution in [1.82, 2.24) is 10.6 Å². The Bertz CT molecular complexity index is 624. The molecule has 1 amide bonds. The Morgan fingerprint density at radius 2 is 2.15 bits per heavy atom. The number of carbonyl (C=O) groups excluding carboxylic acids is 1. The molecule has 7 heteroatoms. The average Bonchev–Trinajstić information content (AvgIpc) is 2.62. The topological polar surface area (TPSA) is 50.4 Å². The largest absolute Gasteiger partial charge is 0.435 e. The minimum atomic E-state index is -2.82. The van der Waals surface area contributed by atoms with Crippen LogP contribution < -0.4 is 15.4 Å². The van der Waals surface area contributed by atoms with E-state index in [1.165, 1.54) is 12.8 Å². The molecule has 1 aliphatic carbocycles. The quantitative estimate of drug-likeness (QED) is 0.748. The summed E-state index contributed by atoms with van der Waals surface area (Å²) in [4.78, 5) is 12.5. The maximum Gasteiger partial charge on any atom is 0.387 e. The number of fused-ring (bicyclic) bond motifs is 1. The smallest absolute Gasteiger partial charge is 0.387 e. The van der Waals surface area contributed by atoms with Crippen molar-refractivity contribution in [3.8, 4) is 5.75 Å². The number of nitrogens with one attached hydrogen (secondary N) is 2. The van der Waals surface area contributed by atoms with Crippen molar-refractivity contribution in [3.05, 3.63) is 29.3 Å². The highest BCUT2D eigenvalue weighted by Gasteiger charge is 2.26. The van der Waals surface area contributed by atoms with Gasteiger partial charge in [0.05, 0.1) is 6.04 Å². The molecule has 2 aliphatic rings. The summed E-state index contributed by atoms with van der Waals surface area (Å²) >= 11 is 0. The lowest BCUT2D eigenvalue weighted by Gasteiger charge is -2.30. The van der Waals surface area contributed by atoms with Gasteiger partial charge in [-0.3, -0.25) is 4.79 Å². The Balaban J connectivity index is 0.00000261. The third-order valence-electron chi connectivity index (χ3n) is 5.64. The van der Waals surface area contributed by atoms with E-state index in [4.69, 9.17) is 0 Å². The Morgan fingerprint density at radius 3 is 2.85 bits per heavy atom. The van der Waals surface area contributed by atoms with Crippen molar-refractivity contribution in [3.63, 3.8) is 0 Å². The summed E-state index contributed by atoms with van der Waals surface area (Å²) < 4.78 is 29.3. The predicted octanol–water partition coefficient (Wildman–Crippen LogP) is 4.23. The molecule has 3 unspecified atom stereocenters. The first kappa shape index (κ1) is 21.9.